The van der Waals surface area contributed by atoms with Crippen LogP contribution in [0.15, 0.2) is 395 Å². The van der Waals surface area contributed by atoms with Gasteiger partial charge in [0.05, 0.1) is 50.5 Å². The first-order valence-electron chi connectivity index (χ1n) is 39.6. The second-order valence-corrected chi connectivity index (χ2v) is 44.3. The van der Waals surface area contributed by atoms with E-state index in [2.05, 4.69) is 421 Å². The van der Waals surface area contributed by atoms with Crippen LogP contribution in [0.25, 0.3) is 112 Å². The Hall–Kier alpha value is -12.1. The smallest absolute Gasteiger partial charge is 2.00 e. The monoisotopic (exact) mass is 1990 g/mol. The van der Waals surface area contributed by atoms with Crippen molar-refractivity contribution >= 4 is 79.5 Å². The molecule has 0 saturated heterocycles. The van der Waals surface area contributed by atoms with Crippen LogP contribution in [-0.4, -0.2) is 36.1 Å². The molecule has 0 N–H and O–H groups in total. The van der Waals surface area contributed by atoms with Gasteiger partial charge in [0, 0.05) is 58.4 Å². The Labute approximate surface area is 740 Å². The summed E-state index contributed by atoms with van der Waals surface area (Å²) in [4.78, 5) is 24.6. The minimum absolute atomic E-state index is 0. The quantitative estimate of drug-likeness (QED) is 0.0625. The third-order valence-electron chi connectivity index (χ3n) is 20.7. The fourth-order valence-electron chi connectivity index (χ4n) is 14.8. The number of nitrogens with zero attached hydrogens (tertiary/aromatic N) is 7. The van der Waals surface area contributed by atoms with E-state index in [1.54, 1.807) is 12.1 Å². The maximum absolute atomic E-state index is 8.29. The third kappa shape index (κ3) is 21.0. The number of para-hydroxylation sites is 2. The van der Waals surface area contributed by atoms with Gasteiger partial charge < -0.3 is 19.8 Å². The molecule has 4 aromatic heterocycles. The number of halogens is 2. The average molecular weight is 1990 g/mol. The molecule has 0 unspecified atom stereocenters. The summed E-state index contributed by atoms with van der Waals surface area (Å²) >= 11 is -0.472. The number of hydrogen-bond donors (Lipinski definition) is 0. The molecule has 0 aliphatic carbocycles. The van der Waals surface area contributed by atoms with Crippen molar-refractivity contribution in [2.75, 3.05) is 9.80 Å². The minimum Gasteiger partial charge on any atom is 2.00 e. The zero-order valence-electron chi connectivity index (χ0n) is 68.0. The summed E-state index contributed by atoms with van der Waals surface area (Å²) in [7, 11) is 6.38. The van der Waals surface area contributed by atoms with Gasteiger partial charge in [-0.1, -0.05) is 312 Å². The molecule has 13 heteroatoms. The summed E-state index contributed by atoms with van der Waals surface area (Å²) in [5, 5.41) is 11.0. The first kappa shape index (κ1) is 85.8. The molecule has 0 bridgehead atoms. The Bertz CT molecular complexity index is 5950. The molecule has 594 valence electrons. The van der Waals surface area contributed by atoms with Crippen molar-refractivity contribution in [3.8, 4) is 118 Å². The molecule has 0 saturated carbocycles. The number of anilines is 6. The topological polar surface area (TPSA) is 81.8 Å². The molecular weight excluding hydrogens is 1900 g/mol. The van der Waals surface area contributed by atoms with Crippen LogP contribution >= 0.6 is 18.8 Å². The zero-order chi connectivity index (χ0) is 82.7. The summed E-state index contributed by atoms with van der Waals surface area (Å²) < 4.78 is 0. The van der Waals surface area contributed by atoms with Crippen LogP contribution in [0.2, 0.25) is 39.3 Å². The third-order valence-corrected chi connectivity index (χ3v) is 24.8. The van der Waals surface area contributed by atoms with Crippen LogP contribution in [0, 0.1) is 37.3 Å². The number of benzene rings is 13. The number of rotatable bonds is 18. The van der Waals surface area contributed by atoms with Gasteiger partial charge in [0.25, 0.3) is 0 Å². The van der Waals surface area contributed by atoms with Crippen LogP contribution in [-0.2, 0) is 37.5 Å². The van der Waals surface area contributed by atoms with Crippen molar-refractivity contribution in [3.63, 3.8) is 0 Å². The summed E-state index contributed by atoms with van der Waals surface area (Å²) in [5.74, 6) is 0. The van der Waals surface area contributed by atoms with Gasteiger partial charge in [-0.25, -0.2) is 0 Å². The summed E-state index contributed by atoms with van der Waals surface area (Å²) in [6, 6.07) is 139. The Balaban J connectivity index is 0.000000183. The van der Waals surface area contributed by atoms with Crippen LogP contribution < -0.4 is 20.2 Å². The van der Waals surface area contributed by atoms with E-state index in [-0.39, 0.29) is 21.1 Å². The molecule has 0 aliphatic heterocycles. The standard InChI is InChI=1S/C50H43N3Si.C50H41N3Si.C7H5N.2ClH.2Pt/c2*1-36-34-51-47(32-45(36)38-20-10-6-11-21-38)40-24-16-26-42(30-40)53(49-29-15-14-28-44(49)37-18-8-5-9-19-37)43-27-17-25-41(31-43)48-33-46(39-22-12-7-13-23-39)50(35-52-48)54(2,3)4;8-6-7-4-2-1-3-5-7;;;;/h5-35H,1-4H3;5-29,32-35H,1-4H3;1-5H;2*1H;;/q;-2;;;;2*+2/p-2. The molecule has 0 aliphatic rings. The van der Waals surface area contributed by atoms with Gasteiger partial charge in [-0.15, -0.1) is 59.7 Å². The molecule has 120 heavy (non-hydrogen) atoms. The van der Waals surface area contributed by atoms with E-state index >= 15 is 0 Å². The number of aromatic nitrogens is 4. The normalized spacial score (nSPS) is 10.9. The first-order valence-corrected chi connectivity index (χ1v) is 52.2. The summed E-state index contributed by atoms with van der Waals surface area (Å²) in [5.41, 5.74) is 30.8. The van der Waals surface area contributed by atoms with Gasteiger partial charge in [0.15, 0.2) is 0 Å². The number of nitriles is 1. The molecule has 0 fully saturated rings. The maximum atomic E-state index is 8.29. The van der Waals surface area contributed by atoms with Gasteiger partial charge in [-0.05, 0) is 174 Å². The van der Waals surface area contributed by atoms with E-state index in [4.69, 9.17) is 44.0 Å². The SMILES string of the molecule is Cc1cnc(-c2[c-]c(N(c3[c-]c(-c4cc(-c5ccccc5)c([Si](C)(C)C)cn4)ccc3)c3ccccc3-c3ccccc3)ccc2)cc1-c1ccccc1.Cc1cnc(-c2cccc(N(c3cccc(-c4cc(-c5ccccc5)c([Si](C)(C)C)cn4)c3)c3ccccc3-c3ccccc3)c2)cc1-c1ccccc1.N#Cc1ccccc1.[Cl][Pt][Cl].[Pt+2]. The van der Waals surface area contributed by atoms with Gasteiger partial charge in [0.2, 0.25) is 0 Å². The van der Waals surface area contributed by atoms with Crippen molar-refractivity contribution in [1.82, 2.24) is 19.9 Å². The predicted molar refractivity (Wildman–Crippen MR) is 504 cm³/mol. The Kier molecular flexibility index (Phi) is 29.0. The van der Waals surface area contributed by atoms with E-state index in [0.29, 0.717) is 5.56 Å². The molecule has 17 rings (SSSR count). The van der Waals surface area contributed by atoms with Crippen LogP contribution in [0.5, 0.6) is 0 Å². The predicted octanol–water partition coefficient (Wildman–Crippen LogP) is 28.8. The van der Waals surface area contributed by atoms with E-state index in [1.165, 1.54) is 49.3 Å². The molecule has 0 radical (unpaired) electrons. The molecule has 0 spiro atoms. The van der Waals surface area contributed by atoms with Crippen LogP contribution in [0.1, 0.15) is 16.7 Å². The van der Waals surface area contributed by atoms with Gasteiger partial charge in [0.1, 0.15) is 0 Å². The van der Waals surface area contributed by atoms with Crippen molar-refractivity contribution < 1.29 is 37.5 Å². The van der Waals surface area contributed by atoms with E-state index in [0.717, 1.165) is 118 Å². The first-order chi connectivity index (χ1) is 58.0. The fraction of sp³-hybridized carbons (Fsp3) is 0.0748. The van der Waals surface area contributed by atoms with E-state index in [1.807, 2.05) is 42.7 Å². The number of aryl methyl sites for hydroxylation is 2. The average Bonchev–Trinajstić information content (AvgIpc) is 0.774. The van der Waals surface area contributed by atoms with Gasteiger partial charge in [-0.3, -0.25) is 9.97 Å². The maximum Gasteiger partial charge on any atom is 2.00 e. The van der Waals surface area contributed by atoms with Crippen molar-refractivity contribution in [2.45, 2.75) is 53.1 Å². The largest absolute Gasteiger partial charge is 2.00 e. The summed E-state index contributed by atoms with van der Waals surface area (Å²) in [6.45, 7) is 18.5. The zero-order valence-corrected chi connectivity index (χ0v) is 76.1. The second-order valence-electron chi connectivity index (χ2n) is 30.9. The molecule has 13 aromatic carbocycles. The molecule has 7 nitrogen and oxygen atoms in total. The van der Waals surface area contributed by atoms with Crippen molar-refractivity contribution in [1.29, 1.82) is 5.26 Å². The molecule has 0 atom stereocenters. The van der Waals surface area contributed by atoms with Gasteiger partial charge >= 0.3 is 56.4 Å². The Morgan fingerprint density at radius 1 is 0.300 bits per heavy atom. The molecular formula is C107H89Cl2N7Pt2Si2. The number of pyridine rings is 4. The van der Waals surface area contributed by atoms with Crippen LogP contribution in [0.3, 0.4) is 0 Å². The molecule has 17 aromatic rings. The Morgan fingerprint density at radius 3 is 0.958 bits per heavy atom. The van der Waals surface area contributed by atoms with Crippen LogP contribution in [0.4, 0.5) is 34.1 Å². The summed E-state index contributed by atoms with van der Waals surface area (Å²) in [6.07, 6.45) is 8.17. The van der Waals surface area contributed by atoms with Crippen molar-refractivity contribution in [3.05, 3.63) is 424 Å². The fourth-order valence-corrected chi connectivity index (χ4v) is 17.8. The van der Waals surface area contributed by atoms with E-state index < -0.39 is 32.6 Å². The second kappa shape index (κ2) is 40.6. The van der Waals surface area contributed by atoms with E-state index in [9.17, 15) is 0 Å². The molecule has 0 amide bonds. The number of hydrogen-bond acceptors (Lipinski definition) is 7. The molecule has 4 heterocycles. The Morgan fingerprint density at radius 2 is 0.583 bits per heavy atom. The van der Waals surface area contributed by atoms with Gasteiger partial charge in [-0.2, -0.15) is 5.26 Å². The minimum atomic E-state index is -1.69. The van der Waals surface area contributed by atoms with Crippen molar-refractivity contribution in [2.24, 2.45) is 0 Å².